The van der Waals surface area contributed by atoms with Crippen LogP contribution in [0.3, 0.4) is 0 Å². The first-order chi connectivity index (χ1) is 20.0. The summed E-state index contributed by atoms with van der Waals surface area (Å²) in [4.78, 5) is 20.9. The van der Waals surface area contributed by atoms with E-state index in [1.54, 1.807) is 43.6 Å². The Labute approximate surface area is 241 Å². The summed E-state index contributed by atoms with van der Waals surface area (Å²) in [5, 5.41) is 13.2. The molecule has 1 amide bonds. The van der Waals surface area contributed by atoms with Gasteiger partial charge in [-0.1, -0.05) is 13.8 Å². The van der Waals surface area contributed by atoms with E-state index < -0.39 is 0 Å². The largest absolute Gasteiger partial charge is 0.496 e. The summed E-state index contributed by atoms with van der Waals surface area (Å²) in [5.41, 5.74) is 9.82. The lowest BCUT2D eigenvalue weighted by atomic mass is 9.78. The summed E-state index contributed by atoms with van der Waals surface area (Å²) >= 11 is 0. The summed E-state index contributed by atoms with van der Waals surface area (Å²) in [6.45, 7) is 6.51. The Balaban J connectivity index is 0.00000111. The quantitative estimate of drug-likeness (QED) is 0.239. The Kier molecular flexibility index (Phi) is 11.4. The molecule has 1 aliphatic rings. The van der Waals surface area contributed by atoms with Gasteiger partial charge in [0.25, 0.3) is 5.91 Å². The number of carbonyl (C=O) groups excluding carboxylic acids is 1. The maximum Gasteiger partial charge on any atom is 0.253 e. The van der Waals surface area contributed by atoms with Crippen LogP contribution in [0.15, 0.2) is 54.7 Å². The number of amides is 1. The SMILES string of the molecule is CC.CN.COc1cc(C#N)ccc1-c1[nH]c(C)cc1C(=O)NCC1CCC(c2ccnc3ccc(F)cc23)CC1. The number of hydrogen-bond acceptors (Lipinski definition) is 5. The molecule has 7 nitrogen and oxygen atoms in total. The van der Waals surface area contributed by atoms with Gasteiger partial charge in [0.1, 0.15) is 11.6 Å². The van der Waals surface area contributed by atoms with Gasteiger partial charge in [0, 0.05) is 29.4 Å². The van der Waals surface area contributed by atoms with E-state index >= 15 is 0 Å². The molecule has 1 saturated carbocycles. The van der Waals surface area contributed by atoms with E-state index in [0.717, 1.165) is 53.4 Å². The molecule has 0 spiro atoms. The second kappa shape index (κ2) is 15.0. The molecule has 0 unspecified atom stereocenters. The molecular formula is C33H40FN5O2. The average Bonchev–Trinajstić information content (AvgIpc) is 3.42. The second-order valence-corrected chi connectivity index (χ2v) is 9.76. The van der Waals surface area contributed by atoms with Crippen molar-refractivity contribution in [3.05, 3.63) is 82.9 Å². The molecule has 2 aromatic carbocycles. The summed E-state index contributed by atoms with van der Waals surface area (Å²) in [7, 11) is 3.05. The highest BCUT2D eigenvalue weighted by molar-refractivity contribution is 6.01. The number of nitrogens with two attached hydrogens (primary N) is 1. The van der Waals surface area contributed by atoms with Crippen LogP contribution in [0.5, 0.6) is 5.75 Å². The number of methoxy groups -OCH3 is 1. The second-order valence-electron chi connectivity index (χ2n) is 9.76. The van der Waals surface area contributed by atoms with Crippen molar-refractivity contribution in [3.8, 4) is 23.1 Å². The molecule has 8 heteroatoms. The zero-order chi connectivity index (χ0) is 29.9. The molecule has 2 heterocycles. The Hall–Kier alpha value is -4.22. The summed E-state index contributed by atoms with van der Waals surface area (Å²) in [5.74, 6) is 0.913. The van der Waals surface area contributed by atoms with Crippen LogP contribution in [0.4, 0.5) is 4.39 Å². The van der Waals surface area contributed by atoms with E-state index in [1.165, 1.54) is 13.1 Å². The molecule has 0 radical (unpaired) electrons. The number of ether oxygens (including phenoxy) is 1. The van der Waals surface area contributed by atoms with Crippen LogP contribution in [0.25, 0.3) is 22.2 Å². The topological polar surface area (TPSA) is 117 Å². The standard InChI is InChI=1S/C30H29FN4O2.C2H6.CH5N/c1-18-13-26(29(35-18)24-9-5-20(16-32)14-28(24)37-2)30(36)34-17-19-3-6-21(7-4-19)23-11-12-33-27-10-8-22(31)15-25(23)27;2*1-2/h5,8-15,19,21,35H,3-4,6-7,17H2,1-2H3,(H,34,36);1-2H3;2H2,1H3. The van der Waals surface area contributed by atoms with Crippen LogP contribution < -0.4 is 15.8 Å². The van der Waals surface area contributed by atoms with Crippen LogP contribution in [0.1, 0.15) is 72.6 Å². The fraction of sp³-hybridized carbons (Fsp3) is 0.364. The minimum atomic E-state index is -0.240. The highest BCUT2D eigenvalue weighted by atomic mass is 19.1. The Morgan fingerprint density at radius 2 is 1.85 bits per heavy atom. The third-order valence-corrected chi connectivity index (χ3v) is 7.37. The lowest BCUT2D eigenvalue weighted by Gasteiger charge is -2.29. The molecule has 0 saturated heterocycles. The molecule has 0 bridgehead atoms. The number of aromatic nitrogens is 2. The molecule has 0 aliphatic heterocycles. The smallest absolute Gasteiger partial charge is 0.253 e. The van der Waals surface area contributed by atoms with Gasteiger partial charge >= 0.3 is 0 Å². The Morgan fingerprint density at radius 1 is 1.12 bits per heavy atom. The number of pyridine rings is 1. The molecule has 41 heavy (non-hydrogen) atoms. The number of benzene rings is 2. The maximum atomic E-state index is 13.9. The number of fused-ring (bicyclic) bond motifs is 1. The van der Waals surface area contributed by atoms with E-state index in [9.17, 15) is 14.4 Å². The monoisotopic (exact) mass is 557 g/mol. The predicted octanol–water partition coefficient (Wildman–Crippen LogP) is 6.86. The molecule has 5 rings (SSSR count). The van der Waals surface area contributed by atoms with Gasteiger partial charge in [0.15, 0.2) is 0 Å². The first-order valence-electron chi connectivity index (χ1n) is 14.1. The number of carbonyl (C=O) groups is 1. The van der Waals surface area contributed by atoms with Crippen molar-refractivity contribution in [2.45, 2.75) is 52.4 Å². The number of aryl methyl sites for hydroxylation is 1. The number of nitriles is 1. The molecule has 1 aliphatic carbocycles. The number of nitrogens with zero attached hydrogens (tertiary/aromatic N) is 2. The van der Waals surface area contributed by atoms with Crippen LogP contribution in [-0.4, -0.2) is 36.6 Å². The first-order valence-corrected chi connectivity index (χ1v) is 14.1. The van der Waals surface area contributed by atoms with Crippen LogP contribution in [0.2, 0.25) is 0 Å². The van der Waals surface area contributed by atoms with Crippen molar-refractivity contribution >= 4 is 16.8 Å². The van der Waals surface area contributed by atoms with E-state index in [1.807, 2.05) is 32.9 Å². The number of halogens is 1. The van der Waals surface area contributed by atoms with Crippen LogP contribution in [-0.2, 0) is 0 Å². The van der Waals surface area contributed by atoms with E-state index in [4.69, 9.17) is 4.74 Å². The first kappa shape index (κ1) is 31.3. The van der Waals surface area contributed by atoms with Crippen molar-refractivity contribution < 1.29 is 13.9 Å². The molecule has 1 fully saturated rings. The van der Waals surface area contributed by atoms with Crippen LogP contribution in [0, 0.1) is 30.0 Å². The number of nitrogens with one attached hydrogen (secondary N) is 2. The highest BCUT2D eigenvalue weighted by Crippen LogP contribution is 2.38. The zero-order valence-corrected chi connectivity index (χ0v) is 24.6. The third-order valence-electron chi connectivity index (χ3n) is 7.37. The Morgan fingerprint density at radius 3 is 2.54 bits per heavy atom. The fourth-order valence-corrected chi connectivity index (χ4v) is 5.45. The van der Waals surface area contributed by atoms with Crippen molar-refractivity contribution in [2.24, 2.45) is 11.7 Å². The zero-order valence-electron chi connectivity index (χ0n) is 24.6. The van der Waals surface area contributed by atoms with Crippen molar-refractivity contribution in [1.29, 1.82) is 5.26 Å². The van der Waals surface area contributed by atoms with E-state index in [2.05, 4.69) is 27.1 Å². The molecule has 4 aromatic rings. The van der Waals surface area contributed by atoms with Gasteiger partial charge in [-0.15, -0.1) is 0 Å². The fourth-order valence-electron chi connectivity index (χ4n) is 5.45. The highest BCUT2D eigenvalue weighted by Gasteiger charge is 2.25. The average molecular weight is 558 g/mol. The van der Waals surface area contributed by atoms with Gasteiger partial charge < -0.3 is 20.8 Å². The number of H-pyrrole nitrogens is 1. The van der Waals surface area contributed by atoms with E-state index in [-0.39, 0.29) is 11.7 Å². The molecule has 216 valence electrons. The third kappa shape index (κ3) is 7.30. The van der Waals surface area contributed by atoms with Crippen LogP contribution >= 0.6 is 0 Å². The summed E-state index contributed by atoms with van der Waals surface area (Å²) < 4.78 is 19.4. The van der Waals surface area contributed by atoms with Gasteiger partial charge in [-0.2, -0.15) is 5.26 Å². The normalized spacial score (nSPS) is 16.0. The lowest BCUT2D eigenvalue weighted by Crippen LogP contribution is -2.31. The molecule has 2 aromatic heterocycles. The lowest BCUT2D eigenvalue weighted by molar-refractivity contribution is 0.0943. The number of rotatable bonds is 6. The molecular weight excluding hydrogens is 517 g/mol. The van der Waals surface area contributed by atoms with Crippen molar-refractivity contribution in [2.75, 3.05) is 20.7 Å². The van der Waals surface area contributed by atoms with Gasteiger partial charge in [-0.05, 0) is 106 Å². The van der Waals surface area contributed by atoms with Gasteiger partial charge in [0.2, 0.25) is 0 Å². The van der Waals surface area contributed by atoms with Gasteiger partial charge in [-0.3, -0.25) is 9.78 Å². The number of hydrogen-bond donors (Lipinski definition) is 3. The van der Waals surface area contributed by atoms with Crippen molar-refractivity contribution in [1.82, 2.24) is 15.3 Å². The van der Waals surface area contributed by atoms with E-state index in [0.29, 0.717) is 41.0 Å². The minimum Gasteiger partial charge on any atom is -0.496 e. The Bertz CT molecular complexity index is 1500. The molecule has 4 N–H and O–H groups in total. The maximum absolute atomic E-state index is 13.9. The summed E-state index contributed by atoms with van der Waals surface area (Å²) in [6, 6.07) is 15.9. The van der Waals surface area contributed by atoms with Crippen molar-refractivity contribution in [3.63, 3.8) is 0 Å². The minimum absolute atomic E-state index is 0.136. The molecule has 0 atom stereocenters. The predicted molar refractivity (Wildman–Crippen MR) is 162 cm³/mol. The number of aromatic amines is 1. The van der Waals surface area contributed by atoms with Gasteiger partial charge in [-0.25, -0.2) is 4.39 Å². The van der Waals surface area contributed by atoms with Gasteiger partial charge in [0.05, 0.1) is 35.5 Å². The summed E-state index contributed by atoms with van der Waals surface area (Å²) in [6.07, 6.45) is 5.78.